The number of hydrogen-bond acceptors (Lipinski definition) is 3. The van der Waals surface area contributed by atoms with E-state index in [0.717, 1.165) is 31.4 Å². The molecule has 158 valence electrons. The van der Waals surface area contributed by atoms with Crippen LogP contribution in [0.4, 0.5) is 10.1 Å². The smallest absolute Gasteiger partial charge is 0.304 e. The first-order chi connectivity index (χ1) is 13.6. The molecule has 0 heterocycles. The van der Waals surface area contributed by atoms with Gasteiger partial charge >= 0.3 is 10.2 Å². The van der Waals surface area contributed by atoms with Crippen molar-refractivity contribution >= 4 is 21.8 Å². The topological polar surface area (TPSA) is 69.7 Å². The van der Waals surface area contributed by atoms with Crippen molar-refractivity contribution in [1.29, 1.82) is 0 Å². The van der Waals surface area contributed by atoms with E-state index in [2.05, 4.69) is 5.32 Å². The van der Waals surface area contributed by atoms with Crippen molar-refractivity contribution in [3.8, 4) is 0 Å². The van der Waals surface area contributed by atoms with Crippen molar-refractivity contribution < 1.29 is 17.6 Å². The maximum Gasteiger partial charge on any atom is 0.304 e. The summed E-state index contributed by atoms with van der Waals surface area (Å²) in [7, 11) is -1.39. The van der Waals surface area contributed by atoms with Gasteiger partial charge in [-0.05, 0) is 43.5 Å². The molecule has 2 aromatic carbocycles. The van der Waals surface area contributed by atoms with Gasteiger partial charge in [-0.2, -0.15) is 12.7 Å². The van der Waals surface area contributed by atoms with Crippen LogP contribution in [-0.2, 0) is 15.0 Å². The Bertz CT molecular complexity index is 977. The summed E-state index contributed by atoms with van der Waals surface area (Å²) in [5.74, 6) is -1.22. The molecular weight excluding hydrogens is 393 g/mol. The van der Waals surface area contributed by atoms with Gasteiger partial charge < -0.3 is 5.32 Å². The highest BCUT2D eigenvalue weighted by Gasteiger charge is 2.30. The first-order valence-electron chi connectivity index (χ1n) is 9.39. The summed E-state index contributed by atoms with van der Waals surface area (Å²) in [5, 5.41) is 2.89. The Labute approximate surface area is 172 Å². The molecule has 0 aliphatic heterocycles. The molecule has 2 aromatic rings. The van der Waals surface area contributed by atoms with Crippen LogP contribution >= 0.6 is 0 Å². The third-order valence-corrected chi connectivity index (χ3v) is 6.50. The molecule has 1 amide bonds. The molecular formula is C21H28FN3O3S. The maximum atomic E-state index is 14.3. The molecule has 29 heavy (non-hydrogen) atoms. The van der Waals surface area contributed by atoms with Crippen LogP contribution in [0.2, 0.25) is 0 Å². The van der Waals surface area contributed by atoms with Crippen molar-refractivity contribution in [2.45, 2.75) is 33.2 Å². The number of halogens is 1. The predicted molar refractivity (Wildman–Crippen MR) is 113 cm³/mol. The van der Waals surface area contributed by atoms with Crippen LogP contribution in [0, 0.1) is 19.7 Å². The minimum absolute atomic E-state index is 0.170. The van der Waals surface area contributed by atoms with Crippen LogP contribution in [-0.4, -0.2) is 39.3 Å². The van der Waals surface area contributed by atoms with E-state index < -0.39 is 28.5 Å². The zero-order valence-corrected chi connectivity index (χ0v) is 18.3. The van der Waals surface area contributed by atoms with Gasteiger partial charge in [0.15, 0.2) is 0 Å². The highest BCUT2D eigenvalue weighted by Crippen LogP contribution is 2.24. The van der Waals surface area contributed by atoms with Crippen LogP contribution in [0.1, 0.15) is 36.1 Å². The second-order valence-electron chi connectivity index (χ2n) is 7.14. The number of anilines is 1. The second-order valence-corrected chi connectivity index (χ2v) is 9.20. The number of carbonyl (C=O) groups is 1. The third kappa shape index (κ3) is 5.33. The SMILES string of the molecule is CC[C@H](NC(=O)CN(c1ccccc1F)S(=O)(=O)N(C)C)c1ccc(C)cc1C. The first kappa shape index (κ1) is 22.8. The molecule has 0 spiro atoms. The average molecular weight is 422 g/mol. The average Bonchev–Trinajstić information content (AvgIpc) is 2.65. The quantitative estimate of drug-likeness (QED) is 0.711. The summed E-state index contributed by atoms with van der Waals surface area (Å²) >= 11 is 0. The van der Waals surface area contributed by atoms with Crippen LogP contribution in [0.25, 0.3) is 0 Å². The zero-order valence-electron chi connectivity index (χ0n) is 17.4. The van der Waals surface area contributed by atoms with E-state index in [4.69, 9.17) is 0 Å². The third-order valence-electron chi connectivity index (χ3n) is 4.69. The number of nitrogens with zero attached hydrogens (tertiary/aromatic N) is 2. The number of carbonyl (C=O) groups excluding carboxylic acids is 1. The molecule has 0 unspecified atom stereocenters. The molecule has 0 fully saturated rings. The van der Waals surface area contributed by atoms with E-state index in [1.807, 2.05) is 39.0 Å². The Kier molecular flexibility index (Phi) is 7.37. The molecule has 0 saturated heterocycles. The largest absolute Gasteiger partial charge is 0.348 e. The Morgan fingerprint density at radius 1 is 1.14 bits per heavy atom. The van der Waals surface area contributed by atoms with Gasteiger partial charge in [0.25, 0.3) is 0 Å². The molecule has 8 heteroatoms. The van der Waals surface area contributed by atoms with Crippen LogP contribution < -0.4 is 9.62 Å². The summed E-state index contributed by atoms with van der Waals surface area (Å²) in [6, 6.07) is 11.2. The Hall–Kier alpha value is -2.45. The molecule has 0 aliphatic carbocycles. The number of benzene rings is 2. The van der Waals surface area contributed by atoms with Crippen molar-refractivity contribution in [2.75, 3.05) is 24.9 Å². The van der Waals surface area contributed by atoms with Crippen LogP contribution in [0.3, 0.4) is 0 Å². The summed E-state index contributed by atoms with van der Waals surface area (Å²) in [6.07, 6.45) is 0.635. The number of para-hydroxylation sites is 1. The number of hydrogen-bond donors (Lipinski definition) is 1. The van der Waals surface area contributed by atoms with E-state index >= 15 is 0 Å². The van der Waals surface area contributed by atoms with Crippen molar-refractivity contribution in [1.82, 2.24) is 9.62 Å². The van der Waals surface area contributed by atoms with Gasteiger partial charge in [0.2, 0.25) is 5.91 Å². The van der Waals surface area contributed by atoms with E-state index in [1.54, 1.807) is 0 Å². The highest BCUT2D eigenvalue weighted by atomic mass is 32.2. The minimum atomic E-state index is -4.06. The second kappa shape index (κ2) is 9.37. The van der Waals surface area contributed by atoms with Crippen LogP contribution in [0.5, 0.6) is 0 Å². The van der Waals surface area contributed by atoms with Gasteiger partial charge in [-0.3, -0.25) is 4.79 Å². The van der Waals surface area contributed by atoms with E-state index in [-0.39, 0.29) is 11.7 Å². The van der Waals surface area contributed by atoms with Gasteiger partial charge in [0.1, 0.15) is 12.4 Å². The highest BCUT2D eigenvalue weighted by molar-refractivity contribution is 7.90. The lowest BCUT2D eigenvalue weighted by Gasteiger charge is -2.28. The molecule has 0 bridgehead atoms. The number of amides is 1. The lowest BCUT2D eigenvalue weighted by atomic mass is 9.97. The Morgan fingerprint density at radius 3 is 2.34 bits per heavy atom. The van der Waals surface area contributed by atoms with Crippen molar-refractivity contribution in [3.63, 3.8) is 0 Å². The molecule has 1 atom stereocenters. The Morgan fingerprint density at radius 2 is 1.79 bits per heavy atom. The fraction of sp³-hybridized carbons (Fsp3) is 0.381. The summed E-state index contributed by atoms with van der Waals surface area (Å²) in [4.78, 5) is 12.8. The van der Waals surface area contributed by atoms with E-state index in [1.165, 1.54) is 32.3 Å². The van der Waals surface area contributed by atoms with Gasteiger partial charge in [-0.1, -0.05) is 42.8 Å². The fourth-order valence-corrected chi connectivity index (χ4v) is 4.20. The Balaban J connectivity index is 2.31. The minimum Gasteiger partial charge on any atom is -0.348 e. The summed E-state index contributed by atoms with van der Waals surface area (Å²) in [5.41, 5.74) is 2.97. The molecule has 0 radical (unpaired) electrons. The standard InChI is InChI=1S/C21H28FN3O3S/c1-6-19(17-12-11-15(2)13-16(17)3)23-21(26)14-25(29(27,28)24(4)5)20-10-8-7-9-18(20)22/h7-13,19H,6,14H2,1-5H3,(H,23,26)/t19-/m0/s1. The van der Waals surface area contributed by atoms with Crippen LogP contribution in [0.15, 0.2) is 42.5 Å². The molecule has 2 rings (SSSR count). The van der Waals surface area contributed by atoms with E-state index in [0.29, 0.717) is 6.42 Å². The molecule has 0 aliphatic rings. The monoisotopic (exact) mass is 421 g/mol. The van der Waals surface area contributed by atoms with Gasteiger partial charge in [-0.15, -0.1) is 0 Å². The lowest BCUT2D eigenvalue weighted by Crippen LogP contribution is -2.46. The number of aryl methyl sites for hydroxylation is 2. The van der Waals surface area contributed by atoms with Crippen molar-refractivity contribution in [3.05, 3.63) is 65.0 Å². The lowest BCUT2D eigenvalue weighted by molar-refractivity contribution is -0.120. The normalized spacial score (nSPS) is 12.7. The maximum absolute atomic E-state index is 14.3. The predicted octanol–water partition coefficient (Wildman–Crippen LogP) is 3.32. The summed E-state index contributed by atoms with van der Waals surface area (Å²) < 4.78 is 41.5. The van der Waals surface area contributed by atoms with Gasteiger partial charge in [-0.25, -0.2) is 8.70 Å². The fourth-order valence-electron chi connectivity index (χ4n) is 3.13. The van der Waals surface area contributed by atoms with Crippen molar-refractivity contribution in [2.24, 2.45) is 0 Å². The summed E-state index contributed by atoms with van der Waals surface area (Å²) in [6.45, 7) is 5.38. The molecule has 6 nitrogen and oxygen atoms in total. The number of nitrogens with one attached hydrogen (secondary N) is 1. The first-order valence-corrected chi connectivity index (χ1v) is 10.8. The molecule has 0 saturated carbocycles. The van der Waals surface area contributed by atoms with Gasteiger partial charge in [0, 0.05) is 14.1 Å². The van der Waals surface area contributed by atoms with Gasteiger partial charge in [0.05, 0.1) is 11.7 Å². The molecule has 1 N–H and O–H groups in total. The molecule has 0 aromatic heterocycles. The number of rotatable bonds is 8. The van der Waals surface area contributed by atoms with E-state index in [9.17, 15) is 17.6 Å². The zero-order chi connectivity index (χ0) is 21.8.